The van der Waals surface area contributed by atoms with E-state index in [0.717, 1.165) is 0 Å². The maximum absolute atomic E-state index is 12.2. The number of hydrogen-bond donors (Lipinski definition) is 3. The number of nitrogen functional groups attached to an aromatic ring is 1. The lowest BCUT2D eigenvalue weighted by molar-refractivity contribution is 0.168. The van der Waals surface area contributed by atoms with Crippen molar-refractivity contribution in [3.63, 3.8) is 0 Å². The highest BCUT2D eigenvalue weighted by Gasteiger charge is 2.15. The molecule has 1 aromatic heterocycles. The molecule has 0 unspecified atom stereocenters. The van der Waals surface area contributed by atoms with E-state index in [1.54, 1.807) is 13.0 Å². The minimum absolute atomic E-state index is 0.0530. The molecule has 122 valence electrons. The van der Waals surface area contributed by atoms with Crippen molar-refractivity contribution in [2.24, 2.45) is 0 Å². The van der Waals surface area contributed by atoms with Gasteiger partial charge in [0.2, 0.25) is 0 Å². The van der Waals surface area contributed by atoms with Crippen molar-refractivity contribution in [1.82, 2.24) is 4.98 Å². The Morgan fingerprint density at radius 1 is 1.17 bits per heavy atom. The molecule has 1 aromatic carbocycles. The summed E-state index contributed by atoms with van der Waals surface area (Å²) in [6, 6.07) is 10.3. The van der Waals surface area contributed by atoms with Gasteiger partial charge < -0.3 is 10.5 Å². The normalized spacial score (nSPS) is 10.8. The van der Waals surface area contributed by atoms with Crippen LogP contribution in [0.5, 0.6) is 0 Å². The van der Waals surface area contributed by atoms with Gasteiger partial charge in [0, 0.05) is 5.69 Å². The third-order valence-corrected chi connectivity index (χ3v) is 4.05. The van der Waals surface area contributed by atoms with E-state index in [1.165, 1.54) is 36.4 Å². The summed E-state index contributed by atoms with van der Waals surface area (Å²) in [4.78, 5) is 15.4. The molecule has 0 saturated heterocycles. The van der Waals surface area contributed by atoms with Crippen molar-refractivity contribution in [3.05, 3.63) is 42.5 Å². The number of nitrogens with two attached hydrogens (primary N) is 1. The van der Waals surface area contributed by atoms with Crippen LogP contribution in [0.15, 0.2) is 47.4 Å². The van der Waals surface area contributed by atoms with Crippen LogP contribution in [0.1, 0.15) is 6.92 Å². The van der Waals surface area contributed by atoms with Crippen LogP contribution in [0, 0.1) is 0 Å². The van der Waals surface area contributed by atoms with Crippen LogP contribution < -0.4 is 15.8 Å². The highest BCUT2D eigenvalue weighted by Crippen LogP contribution is 2.17. The second-order valence-electron chi connectivity index (χ2n) is 4.43. The molecule has 23 heavy (non-hydrogen) atoms. The Hall–Kier alpha value is -2.81. The molecule has 2 rings (SSSR count). The molecule has 0 atom stereocenters. The fraction of sp³-hybridized carbons (Fsp3) is 0.143. The molecule has 2 aromatic rings. The SMILES string of the molecule is CCOC(=O)Nc1cccc(NS(=O)(=O)c2ccc(N)cc2)n1. The summed E-state index contributed by atoms with van der Waals surface area (Å²) < 4.78 is 31.5. The number of nitrogens with zero attached hydrogens (tertiary/aromatic N) is 1. The first kappa shape index (κ1) is 16.6. The Kier molecular flexibility index (Phi) is 5.02. The fourth-order valence-corrected chi connectivity index (χ4v) is 2.68. The van der Waals surface area contributed by atoms with Gasteiger partial charge in [0.05, 0.1) is 11.5 Å². The summed E-state index contributed by atoms with van der Waals surface area (Å²) in [6.07, 6.45) is -0.668. The van der Waals surface area contributed by atoms with E-state index in [0.29, 0.717) is 5.69 Å². The summed E-state index contributed by atoms with van der Waals surface area (Å²) in [7, 11) is -3.80. The highest BCUT2D eigenvalue weighted by molar-refractivity contribution is 7.92. The van der Waals surface area contributed by atoms with E-state index in [4.69, 9.17) is 10.5 Å². The lowest BCUT2D eigenvalue weighted by Gasteiger charge is -2.09. The van der Waals surface area contributed by atoms with Crippen molar-refractivity contribution in [2.75, 3.05) is 22.4 Å². The zero-order valence-electron chi connectivity index (χ0n) is 12.3. The van der Waals surface area contributed by atoms with Gasteiger partial charge >= 0.3 is 6.09 Å². The standard InChI is InChI=1S/C14H16N4O4S/c1-2-22-14(19)17-12-4-3-5-13(16-12)18-23(20,21)11-8-6-10(15)7-9-11/h3-9H,2,15H2,1H3,(H2,16,17,18,19). The first-order chi connectivity index (χ1) is 10.9. The number of ether oxygens (including phenoxy) is 1. The molecule has 1 amide bonds. The number of nitrogens with one attached hydrogen (secondary N) is 2. The van der Waals surface area contributed by atoms with Gasteiger partial charge in [0.15, 0.2) is 0 Å². The van der Waals surface area contributed by atoms with Gasteiger partial charge in [-0.25, -0.2) is 18.2 Å². The van der Waals surface area contributed by atoms with E-state index < -0.39 is 16.1 Å². The Morgan fingerprint density at radius 3 is 2.48 bits per heavy atom. The molecule has 0 spiro atoms. The highest BCUT2D eigenvalue weighted by atomic mass is 32.2. The van der Waals surface area contributed by atoms with Crippen molar-refractivity contribution in [2.45, 2.75) is 11.8 Å². The van der Waals surface area contributed by atoms with Gasteiger partial charge in [0.25, 0.3) is 10.0 Å². The quantitative estimate of drug-likeness (QED) is 0.718. The van der Waals surface area contributed by atoms with Crippen molar-refractivity contribution in [1.29, 1.82) is 0 Å². The Bertz CT molecular complexity index is 791. The van der Waals surface area contributed by atoms with Gasteiger partial charge in [-0.15, -0.1) is 0 Å². The molecule has 4 N–H and O–H groups in total. The van der Waals surface area contributed by atoms with Crippen LogP contribution in [0.25, 0.3) is 0 Å². The molecule has 0 fully saturated rings. The van der Waals surface area contributed by atoms with Crippen LogP contribution >= 0.6 is 0 Å². The second kappa shape index (κ2) is 6.97. The predicted molar refractivity (Wildman–Crippen MR) is 86.5 cm³/mol. The van der Waals surface area contributed by atoms with Gasteiger partial charge in [0.1, 0.15) is 11.6 Å². The largest absolute Gasteiger partial charge is 0.450 e. The molecule has 0 saturated carbocycles. The molecule has 0 aliphatic rings. The van der Waals surface area contributed by atoms with E-state index in [2.05, 4.69) is 15.0 Å². The molecule has 0 radical (unpaired) electrons. The van der Waals surface area contributed by atoms with Crippen molar-refractivity contribution >= 4 is 33.4 Å². The van der Waals surface area contributed by atoms with Gasteiger partial charge in [-0.1, -0.05) is 6.07 Å². The topological polar surface area (TPSA) is 123 Å². The predicted octanol–water partition coefficient (Wildman–Crippen LogP) is 2.03. The van der Waals surface area contributed by atoms with E-state index in [1.807, 2.05) is 0 Å². The Morgan fingerprint density at radius 2 is 1.83 bits per heavy atom. The minimum atomic E-state index is -3.80. The van der Waals surface area contributed by atoms with Crippen LogP contribution in [-0.2, 0) is 14.8 Å². The molecular weight excluding hydrogens is 320 g/mol. The van der Waals surface area contributed by atoms with Crippen molar-refractivity contribution in [3.8, 4) is 0 Å². The third kappa shape index (κ3) is 4.58. The zero-order chi connectivity index (χ0) is 16.9. The second-order valence-corrected chi connectivity index (χ2v) is 6.11. The number of aromatic nitrogens is 1. The molecule has 0 aliphatic carbocycles. The summed E-state index contributed by atoms with van der Waals surface area (Å²) in [6.45, 7) is 1.89. The van der Waals surface area contributed by atoms with Gasteiger partial charge in [-0.3, -0.25) is 10.0 Å². The molecule has 1 heterocycles. The van der Waals surface area contributed by atoms with Crippen molar-refractivity contribution < 1.29 is 17.9 Å². The first-order valence-electron chi connectivity index (χ1n) is 6.70. The molecule has 8 nitrogen and oxygen atoms in total. The summed E-state index contributed by atoms with van der Waals surface area (Å²) in [5, 5.41) is 2.39. The lowest BCUT2D eigenvalue weighted by Crippen LogP contribution is -2.16. The number of amides is 1. The average Bonchev–Trinajstić information content (AvgIpc) is 2.47. The monoisotopic (exact) mass is 336 g/mol. The summed E-state index contributed by atoms with van der Waals surface area (Å²) in [5.74, 6) is 0.233. The zero-order valence-corrected chi connectivity index (χ0v) is 13.1. The maximum Gasteiger partial charge on any atom is 0.412 e. The number of anilines is 3. The molecule has 9 heteroatoms. The molecular formula is C14H16N4O4S. The Labute approximate surface area is 133 Å². The van der Waals surface area contributed by atoms with Crippen LogP contribution in [-0.4, -0.2) is 26.1 Å². The summed E-state index contributed by atoms with van der Waals surface area (Å²) in [5.41, 5.74) is 5.99. The smallest absolute Gasteiger partial charge is 0.412 e. The number of hydrogen-bond acceptors (Lipinski definition) is 6. The van der Waals surface area contributed by atoms with E-state index in [9.17, 15) is 13.2 Å². The van der Waals surface area contributed by atoms with Crippen LogP contribution in [0.4, 0.5) is 22.1 Å². The van der Waals surface area contributed by atoms with Gasteiger partial charge in [-0.05, 0) is 43.3 Å². The van der Waals surface area contributed by atoms with E-state index >= 15 is 0 Å². The number of sulfonamides is 1. The molecule has 0 aliphatic heterocycles. The van der Waals surface area contributed by atoms with Crippen LogP contribution in [0.3, 0.4) is 0 Å². The summed E-state index contributed by atoms with van der Waals surface area (Å²) >= 11 is 0. The lowest BCUT2D eigenvalue weighted by atomic mass is 10.3. The Balaban J connectivity index is 2.16. The average molecular weight is 336 g/mol. The number of carbonyl (C=O) groups excluding carboxylic acids is 1. The van der Waals surface area contributed by atoms with E-state index in [-0.39, 0.29) is 23.1 Å². The number of carbonyl (C=O) groups is 1. The maximum atomic E-state index is 12.2. The number of benzene rings is 1. The minimum Gasteiger partial charge on any atom is -0.450 e. The van der Waals surface area contributed by atoms with Crippen LogP contribution in [0.2, 0.25) is 0 Å². The third-order valence-electron chi connectivity index (χ3n) is 2.68. The number of pyridine rings is 1. The molecule has 0 bridgehead atoms. The first-order valence-corrected chi connectivity index (χ1v) is 8.18. The number of rotatable bonds is 5. The van der Waals surface area contributed by atoms with Gasteiger partial charge in [-0.2, -0.15) is 0 Å². The fourth-order valence-electron chi connectivity index (χ4n) is 1.68.